The van der Waals surface area contributed by atoms with Gasteiger partial charge in [-0.15, -0.1) is 0 Å². The Labute approximate surface area is 190 Å². The molecule has 0 fully saturated rings. The molecule has 4 rings (SSSR count). The fourth-order valence-electron chi connectivity index (χ4n) is 4.58. The molecule has 3 nitrogen and oxygen atoms in total. The number of hydrogen-bond acceptors (Lipinski definition) is 3. The van der Waals surface area contributed by atoms with E-state index in [9.17, 15) is 10.0 Å². The maximum Gasteiger partial charge on any atom is 0.634 e. The zero-order valence-corrected chi connectivity index (χ0v) is 17.9. The third-order valence-electron chi connectivity index (χ3n) is 6.04. The van der Waals surface area contributed by atoms with Gasteiger partial charge in [0.2, 0.25) is 0 Å². The van der Waals surface area contributed by atoms with E-state index in [4.69, 9.17) is 4.65 Å². The summed E-state index contributed by atoms with van der Waals surface area (Å²) in [5.41, 5.74) is 4.07. The first-order valence-electron chi connectivity index (χ1n) is 10.9. The Hall–Kier alpha value is -3.18. The van der Waals surface area contributed by atoms with Crippen LogP contribution in [0.15, 0.2) is 121 Å². The van der Waals surface area contributed by atoms with Crippen molar-refractivity contribution >= 4 is 7.32 Å². The molecule has 1 unspecified atom stereocenters. The van der Waals surface area contributed by atoms with Gasteiger partial charge in [-0.05, 0) is 35.1 Å². The Kier molecular flexibility index (Phi) is 7.18. The Morgan fingerprint density at radius 3 is 1.34 bits per heavy atom. The summed E-state index contributed by atoms with van der Waals surface area (Å²) in [6.07, 6.45) is 0.865. The van der Waals surface area contributed by atoms with Gasteiger partial charge in [-0.3, -0.25) is 0 Å². The minimum absolute atomic E-state index is 0.416. The summed E-state index contributed by atoms with van der Waals surface area (Å²) >= 11 is 0. The number of benzene rings is 4. The number of rotatable bonds is 9. The summed E-state index contributed by atoms with van der Waals surface area (Å²) in [6, 6.07) is 41.2. The first-order chi connectivity index (χ1) is 15.7. The third-order valence-corrected chi connectivity index (χ3v) is 6.04. The van der Waals surface area contributed by atoms with Crippen LogP contribution >= 0.6 is 0 Å². The van der Waals surface area contributed by atoms with Gasteiger partial charge in [-0.25, -0.2) is 0 Å². The minimum Gasteiger partial charge on any atom is -0.402 e. The molecule has 4 aromatic rings. The number of hydrogen-bond donors (Lipinski definition) is 2. The molecule has 4 heteroatoms. The lowest BCUT2D eigenvalue weighted by molar-refractivity contribution is 0.107. The standard InChI is InChI=1S/C28H27BO3/c30-29(31)32-27(23-13-5-1-6-14-23)21-22-28(24-15-7-2-8-16-24,25-17-9-3-10-18-25)26-19-11-4-12-20-26/h1-20,27,30-31H,21-22H2. The fourth-order valence-corrected chi connectivity index (χ4v) is 4.58. The molecule has 2 N–H and O–H groups in total. The molecule has 32 heavy (non-hydrogen) atoms. The van der Waals surface area contributed by atoms with Crippen LogP contribution < -0.4 is 0 Å². The molecule has 0 bridgehead atoms. The van der Waals surface area contributed by atoms with Crippen molar-refractivity contribution in [1.29, 1.82) is 0 Å². The van der Waals surface area contributed by atoms with Crippen molar-refractivity contribution in [2.24, 2.45) is 0 Å². The van der Waals surface area contributed by atoms with Crippen LogP contribution in [-0.4, -0.2) is 17.4 Å². The molecular formula is C28H27BO3. The summed E-state index contributed by atoms with van der Waals surface area (Å²) in [5, 5.41) is 19.2. The van der Waals surface area contributed by atoms with E-state index in [0.29, 0.717) is 6.42 Å². The minimum atomic E-state index is -1.83. The molecule has 0 aliphatic carbocycles. The summed E-state index contributed by atoms with van der Waals surface area (Å²) < 4.78 is 5.55. The van der Waals surface area contributed by atoms with Crippen molar-refractivity contribution in [3.05, 3.63) is 144 Å². The average molecular weight is 422 g/mol. The van der Waals surface area contributed by atoms with Crippen LogP contribution in [0.2, 0.25) is 0 Å². The maximum absolute atomic E-state index is 9.60. The highest BCUT2D eigenvalue weighted by molar-refractivity contribution is 6.32. The normalized spacial score (nSPS) is 12.3. The van der Waals surface area contributed by atoms with Gasteiger partial charge in [0.15, 0.2) is 0 Å². The third kappa shape index (κ3) is 4.84. The SMILES string of the molecule is OB(O)OC(CCC(c1ccccc1)(c1ccccc1)c1ccccc1)c1ccccc1. The van der Waals surface area contributed by atoms with E-state index < -0.39 is 18.8 Å². The van der Waals surface area contributed by atoms with Crippen LogP contribution in [0.5, 0.6) is 0 Å². The highest BCUT2D eigenvalue weighted by atomic mass is 16.6. The molecule has 0 aromatic heterocycles. The Balaban J connectivity index is 1.82. The van der Waals surface area contributed by atoms with Crippen molar-refractivity contribution in [1.82, 2.24) is 0 Å². The predicted molar refractivity (Wildman–Crippen MR) is 129 cm³/mol. The fraction of sp³-hybridized carbons (Fsp3) is 0.143. The van der Waals surface area contributed by atoms with Crippen LogP contribution in [0.4, 0.5) is 0 Å². The van der Waals surface area contributed by atoms with Crippen LogP contribution in [0.25, 0.3) is 0 Å². The molecular weight excluding hydrogens is 395 g/mol. The van der Waals surface area contributed by atoms with Crippen LogP contribution in [0, 0.1) is 0 Å². The smallest absolute Gasteiger partial charge is 0.402 e. The Morgan fingerprint density at radius 1 is 0.594 bits per heavy atom. The molecule has 0 saturated heterocycles. The highest BCUT2D eigenvalue weighted by Gasteiger charge is 2.37. The Morgan fingerprint density at radius 2 is 0.969 bits per heavy atom. The van der Waals surface area contributed by atoms with Gasteiger partial charge < -0.3 is 14.7 Å². The summed E-state index contributed by atoms with van der Waals surface area (Å²) in [7, 11) is -1.83. The lowest BCUT2D eigenvalue weighted by Gasteiger charge is -2.37. The molecule has 0 saturated carbocycles. The zero-order chi connectivity index (χ0) is 22.2. The van der Waals surface area contributed by atoms with E-state index in [1.807, 2.05) is 48.5 Å². The summed E-state index contributed by atoms with van der Waals surface area (Å²) in [4.78, 5) is 0. The quantitative estimate of drug-likeness (QED) is 0.276. The van der Waals surface area contributed by atoms with E-state index in [0.717, 1.165) is 12.0 Å². The van der Waals surface area contributed by atoms with Gasteiger partial charge in [0.25, 0.3) is 0 Å². The van der Waals surface area contributed by atoms with E-state index in [1.165, 1.54) is 16.7 Å². The summed E-state index contributed by atoms with van der Waals surface area (Å²) in [6.45, 7) is 0. The average Bonchev–Trinajstić information content (AvgIpc) is 2.86. The summed E-state index contributed by atoms with van der Waals surface area (Å²) in [5.74, 6) is 0. The Bertz CT molecular complexity index is 974. The van der Waals surface area contributed by atoms with Gasteiger partial charge in [0, 0.05) is 5.41 Å². The van der Waals surface area contributed by atoms with Crippen molar-refractivity contribution < 1.29 is 14.7 Å². The van der Waals surface area contributed by atoms with Crippen molar-refractivity contribution in [3.63, 3.8) is 0 Å². The topological polar surface area (TPSA) is 49.7 Å². The van der Waals surface area contributed by atoms with Crippen LogP contribution in [0.1, 0.15) is 41.2 Å². The monoisotopic (exact) mass is 422 g/mol. The largest absolute Gasteiger partial charge is 0.634 e. The highest BCUT2D eigenvalue weighted by Crippen LogP contribution is 2.44. The van der Waals surface area contributed by atoms with Gasteiger partial charge in [0.05, 0.1) is 6.10 Å². The van der Waals surface area contributed by atoms with Gasteiger partial charge in [0.1, 0.15) is 0 Å². The predicted octanol–water partition coefficient (Wildman–Crippen LogP) is 5.53. The van der Waals surface area contributed by atoms with Gasteiger partial charge in [-0.1, -0.05) is 121 Å². The first-order valence-corrected chi connectivity index (χ1v) is 10.9. The van der Waals surface area contributed by atoms with Crippen molar-refractivity contribution in [2.45, 2.75) is 24.4 Å². The second-order valence-corrected chi connectivity index (χ2v) is 7.90. The molecule has 160 valence electrons. The second kappa shape index (κ2) is 10.4. The van der Waals surface area contributed by atoms with E-state index in [2.05, 4.69) is 72.8 Å². The molecule has 0 aliphatic heterocycles. The molecule has 0 aliphatic rings. The van der Waals surface area contributed by atoms with Gasteiger partial charge >= 0.3 is 7.32 Å². The molecule has 0 spiro atoms. The van der Waals surface area contributed by atoms with Crippen LogP contribution in [0.3, 0.4) is 0 Å². The van der Waals surface area contributed by atoms with Crippen molar-refractivity contribution in [3.8, 4) is 0 Å². The first kappa shape index (κ1) is 22.0. The molecule has 0 radical (unpaired) electrons. The lowest BCUT2D eigenvalue weighted by Crippen LogP contribution is -2.31. The zero-order valence-electron chi connectivity index (χ0n) is 17.9. The van der Waals surface area contributed by atoms with Crippen molar-refractivity contribution in [2.75, 3.05) is 0 Å². The lowest BCUT2D eigenvalue weighted by atomic mass is 9.66. The molecule has 0 heterocycles. The van der Waals surface area contributed by atoms with E-state index in [1.54, 1.807) is 0 Å². The van der Waals surface area contributed by atoms with E-state index >= 15 is 0 Å². The molecule has 1 atom stereocenters. The van der Waals surface area contributed by atoms with Crippen LogP contribution in [-0.2, 0) is 10.1 Å². The molecule has 4 aromatic carbocycles. The second-order valence-electron chi connectivity index (χ2n) is 7.90. The molecule has 0 amide bonds. The van der Waals surface area contributed by atoms with E-state index in [-0.39, 0.29) is 0 Å². The van der Waals surface area contributed by atoms with Gasteiger partial charge in [-0.2, -0.15) is 0 Å². The maximum atomic E-state index is 9.60.